The van der Waals surface area contributed by atoms with E-state index in [0.717, 1.165) is 30.7 Å². The summed E-state index contributed by atoms with van der Waals surface area (Å²) in [6.07, 6.45) is 5.27. The molecule has 0 radical (unpaired) electrons. The minimum atomic E-state index is 0.974. The molecule has 0 aliphatic heterocycles. The largest absolute Gasteiger partial charge is 0.402 e. The lowest BCUT2D eigenvalue weighted by Crippen LogP contribution is -2.08. The van der Waals surface area contributed by atoms with Crippen LogP contribution in [0.4, 0.5) is 0 Å². The highest BCUT2D eigenvalue weighted by atomic mass is 14.7. The summed E-state index contributed by atoms with van der Waals surface area (Å²) in [5, 5.41) is 0. The molecule has 0 spiro atoms. The number of nitrogens with zero attached hydrogens (tertiary/aromatic N) is 1. The Bertz CT molecular complexity index is 156. The molecule has 0 aromatic rings. The average molecular weight is 124 g/mol. The third-order valence-electron chi connectivity index (χ3n) is 1.54. The Morgan fingerprint density at radius 2 is 2.33 bits per heavy atom. The number of nitrogens with two attached hydrogens (primary N) is 1. The van der Waals surface area contributed by atoms with Gasteiger partial charge in [-0.05, 0) is 25.3 Å². The van der Waals surface area contributed by atoms with Gasteiger partial charge >= 0.3 is 0 Å². The van der Waals surface area contributed by atoms with Crippen LogP contribution in [-0.4, -0.2) is 12.8 Å². The third kappa shape index (κ3) is 1.56. The maximum Gasteiger partial charge on any atom is 0.0362 e. The fourth-order valence-electron chi connectivity index (χ4n) is 1.01. The van der Waals surface area contributed by atoms with E-state index in [1.54, 1.807) is 0 Å². The van der Waals surface area contributed by atoms with Crippen LogP contribution in [0.25, 0.3) is 0 Å². The molecule has 1 aliphatic rings. The monoisotopic (exact) mass is 124 g/mol. The van der Waals surface area contributed by atoms with Gasteiger partial charge in [0.25, 0.3) is 0 Å². The van der Waals surface area contributed by atoms with Gasteiger partial charge in [-0.3, -0.25) is 4.99 Å². The molecule has 1 aliphatic carbocycles. The van der Waals surface area contributed by atoms with Crippen molar-refractivity contribution in [2.24, 2.45) is 10.7 Å². The van der Waals surface area contributed by atoms with Crippen molar-refractivity contribution in [1.29, 1.82) is 0 Å². The molecular formula is C7H12N2. The van der Waals surface area contributed by atoms with Crippen molar-refractivity contribution in [2.75, 3.05) is 7.05 Å². The van der Waals surface area contributed by atoms with E-state index < -0.39 is 0 Å². The third-order valence-corrected chi connectivity index (χ3v) is 1.54. The molecule has 0 heterocycles. The Hall–Kier alpha value is -0.790. The molecule has 2 nitrogen and oxygen atoms in total. The van der Waals surface area contributed by atoms with Crippen molar-refractivity contribution < 1.29 is 0 Å². The van der Waals surface area contributed by atoms with Gasteiger partial charge in [0.1, 0.15) is 0 Å². The Morgan fingerprint density at radius 1 is 1.56 bits per heavy atom. The molecule has 1 rings (SSSR count). The lowest BCUT2D eigenvalue weighted by Gasteiger charge is -2.08. The van der Waals surface area contributed by atoms with Gasteiger partial charge in [0.05, 0.1) is 0 Å². The lowest BCUT2D eigenvalue weighted by molar-refractivity contribution is 0.825. The van der Waals surface area contributed by atoms with Gasteiger partial charge in [-0.2, -0.15) is 0 Å². The second-order valence-electron chi connectivity index (χ2n) is 2.29. The van der Waals surface area contributed by atoms with Crippen molar-refractivity contribution in [3.8, 4) is 0 Å². The fourth-order valence-corrected chi connectivity index (χ4v) is 1.01. The normalized spacial score (nSPS) is 24.1. The Balaban J connectivity index is 2.68. The molecule has 0 amide bonds. The molecular weight excluding hydrogens is 112 g/mol. The van der Waals surface area contributed by atoms with E-state index in [-0.39, 0.29) is 0 Å². The van der Waals surface area contributed by atoms with Crippen LogP contribution in [0.15, 0.2) is 16.8 Å². The van der Waals surface area contributed by atoms with Gasteiger partial charge in [0, 0.05) is 18.5 Å². The van der Waals surface area contributed by atoms with E-state index >= 15 is 0 Å². The van der Waals surface area contributed by atoms with Gasteiger partial charge in [-0.15, -0.1) is 0 Å². The number of rotatable bonds is 0. The van der Waals surface area contributed by atoms with E-state index in [4.69, 9.17) is 5.73 Å². The van der Waals surface area contributed by atoms with Crippen molar-refractivity contribution >= 4 is 5.71 Å². The van der Waals surface area contributed by atoms with Crippen LogP contribution in [-0.2, 0) is 0 Å². The molecule has 2 heteroatoms. The average Bonchev–Trinajstić information content (AvgIpc) is 1.88. The first-order chi connectivity index (χ1) is 4.33. The summed E-state index contributed by atoms with van der Waals surface area (Å²) in [6.45, 7) is 0. The van der Waals surface area contributed by atoms with E-state index in [9.17, 15) is 0 Å². The smallest absolute Gasteiger partial charge is 0.0362 e. The second kappa shape index (κ2) is 2.67. The van der Waals surface area contributed by atoms with Gasteiger partial charge in [-0.1, -0.05) is 0 Å². The van der Waals surface area contributed by atoms with Crippen LogP contribution in [0.1, 0.15) is 19.3 Å². The molecule has 50 valence electrons. The number of hydrogen-bond acceptors (Lipinski definition) is 2. The van der Waals surface area contributed by atoms with E-state index in [2.05, 4.69) is 4.99 Å². The predicted molar refractivity (Wildman–Crippen MR) is 39.5 cm³/mol. The number of aliphatic imine (C=N–C) groups is 1. The van der Waals surface area contributed by atoms with Crippen LogP contribution in [0.3, 0.4) is 0 Å². The lowest BCUT2D eigenvalue weighted by atomic mass is 10.0. The fraction of sp³-hybridized carbons (Fsp3) is 0.571. The number of allylic oxidation sites excluding steroid dienone is 2. The van der Waals surface area contributed by atoms with Gasteiger partial charge in [0.2, 0.25) is 0 Å². The minimum absolute atomic E-state index is 0.974. The molecule has 0 bridgehead atoms. The van der Waals surface area contributed by atoms with E-state index in [1.165, 1.54) is 0 Å². The van der Waals surface area contributed by atoms with Crippen molar-refractivity contribution in [3.63, 3.8) is 0 Å². The summed E-state index contributed by atoms with van der Waals surface area (Å²) in [6, 6.07) is 0. The van der Waals surface area contributed by atoms with Crippen molar-refractivity contribution in [2.45, 2.75) is 19.3 Å². The first-order valence-corrected chi connectivity index (χ1v) is 3.24. The zero-order valence-electron chi connectivity index (χ0n) is 5.72. The van der Waals surface area contributed by atoms with Crippen LogP contribution in [0, 0.1) is 0 Å². The van der Waals surface area contributed by atoms with Crippen LogP contribution in [0.5, 0.6) is 0 Å². The Kier molecular flexibility index (Phi) is 1.88. The molecule has 9 heavy (non-hydrogen) atoms. The standard InChI is InChI=1S/C7H12N2/c1-9-7-4-2-3-6(8)5-7/h5H,2-4,8H2,1H3/b9-7+. The second-order valence-corrected chi connectivity index (χ2v) is 2.29. The van der Waals surface area contributed by atoms with E-state index in [0.29, 0.717) is 0 Å². The topological polar surface area (TPSA) is 38.4 Å². The summed E-state index contributed by atoms with van der Waals surface area (Å²) in [4.78, 5) is 4.06. The maximum atomic E-state index is 5.58. The zero-order valence-corrected chi connectivity index (χ0v) is 5.72. The van der Waals surface area contributed by atoms with Crippen LogP contribution < -0.4 is 5.73 Å². The highest BCUT2D eigenvalue weighted by Gasteiger charge is 2.03. The van der Waals surface area contributed by atoms with Gasteiger partial charge in [0.15, 0.2) is 0 Å². The summed E-state index contributed by atoms with van der Waals surface area (Å²) in [5.74, 6) is 0. The molecule has 0 aromatic carbocycles. The van der Waals surface area contributed by atoms with E-state index in [1.807, 2.05) is 13.1 Å². The quantitative estimate of drug-likeness (QED) is 0.515. The predicted octanol–water partition coefficient (Wildman–Crippen LogP) is 1.08. The SMILES string of the molecule is C/N=C1/C=C(N)CCC1. The minimum Gasteiger partial charge on any atom is -0.402 e. The highest BCUT2D eigenvalue weighted by Crippen LogP contribution is 2.10. The van der Waals surface area contributed by atoms with Crippen LogP contribution in [0.2, 0.25) is 0 Å². The summed E-state index contributed by atoms with van der Waals surface area (Å²) >= 11 is 0. The summed E-state index contributed by atoms with van der Waals surface area (Å²) in [5.41, 5.74) is 7.69. The summed E-state index contributed by atoms with van der Waals surface area (Å²) in [7, 11) is 1.81. The van der Waals surface area contributed by atoms with Crippen molar-refractivity contribution in [1.82, 2.24) is 0 Å². The van der Waals surface area contributed by atoms with Crippen molar-refractivity contribution in [3.05, 3.63) is 11.8 Å². The molecule has 2 N–H and O–H groups in total. The highest BCUT2D eigenvalue weighted by molar-refractivity contribution is 5.96. The molecule has 0 unspecified atom stereocenters. The maximum absolute atomic E-state index is 5.58. The summed E-state index contributed by atoms with van der Waals surface area (Å²) < 4.78 is 0. The number of hydrogen-bond donors (Lipinski definition) is 1. The molecule has 0 saturated carbocycles. The van der Waals surface area contributed by atoms with Gasteiger partial charge < -0.3 is 5.73 Å². The first-order valence-electron chi connectivity index (χ1n) is 3.24. The molecule has 0 saturated heterocycles. The molecule has 0 aromatic heterocycles. The first kappa shape index (κ1) is 6.33. The Morgan fingerprint density at radius 3 is 2.78 bits per heavy atom. The zero-order chi connectivity index (χ0) is 6.69. The molecule has 0 fully saturated rings. The van der Waals surface area contributed by atoms with Gasteiger partial charge in [-0.25, -0.2) is 0 Å². The molecule has 0 atom stereocenters. The Labute approximate surface area is 55.5 Å². The van der Waals surface area contributed by atoms with Crippen LogP contribution >= 0.6 is 0 Å².